The molecule has 7 rings (SSSR count). The van der Waals surface area contributed by atoms with Gasteiger partial charge in [-0.25, -0.2) is 0 Å². The van der Waals surface area contributed by atoms with Gasteiger partial charge in [0.2, 0.25) is 0 Å². The summed E-state index contributed by atoms with van der Waals surface area (Å²) in [7, 11) is 1.00. The predicted molar refractivity (Wildman–Crippen MR) is 226 cm³/mol. The maximum Gasteiger partial charge on any atom is 0.124 e. The molecule has 4 aromatic carbocycles. The zero-order valence-corrected chi connectivity index (χ0v) is 34.2. The minimum absolute atomic E-state index is 0.428. The van der Waals surface area contributed by atoms with Crippen molar-refractivity contribution in [3.8, 4) is 22.3 Å². The summed E-state index contributed by atoms with van der Waals surface area (Å²) in [5.41, 5.74) is 15.5. The Morgan fingerprint density at radius 3 is 2.00 bits per heavy atom. The van der Waals surface area contributed by atoms with Crippen molar-refractivity contribution in [2.75, 3.05) is 48.7 Å². The van der Waals surface area contributed by atoms with E-state index in [1.54, 1.807) is 32.7 Å². The van der Waals surface area contributed by atoms with Crippen LogP contribution in [-0.2, 0) is 24.3 Å². The first kappa shape index (κ1) is 40.6. The van der Waals surface area contributed by atoms with Crippen LogP contribution in [0.15, 0.2) is 72.8 Å². The molecule has 6 nitrogen and oxygen atoms in total. The molecule has 2 saturated heterocycles. The Balaban J connectivity index is 0.000000715. The highest BCUT2D eigenvalue weighted by Gasteiger charge is 2.38. The van der Waals surface area contributed by atoms with Crippen LogP contribution in [0, 0.1) is 26.2 Å². The van der Waals surface area contributed by atoms with Crippen molar-refractivity contribution < 1.29 is 15.0 Å². The Bertz CT molecular complexity index is 1810. The molecule has 0 amide bonds. The molecule has 284 valence electrons. The monoisotopic (exact) mass is 735 g/mol. The lowest BCUT2D eigenvalue weighted by Gasteiger charge is -2.47. The first-order chi connectivity index (χ1) is 25.4. The lowest BCUT2D eigenvalue weighted by atomic mass is 9.71. The first-order valence-electron chi connectivity index (χ1n) is 19.2. The van der Waals surface area contributed by atoms with E-state index in [1.807, 2.05) is 0 Å². The SMILES string of the molecule is CC(C)(C)O.CO.CSN1Cc2ccc(N3CCC4(CCN(Cc5ccccc5)CC4)CC3)cc2-c2c(C)c(-c3ccc(C)cc3)c(CC=O)c(C)c21. The van der Waals surface area contributed by atoms with Crippen molar-refractivity contribution in [2.24, 2.45) is 5.41 Å². The topological polar surface area (TPSA) is 67.2 Å². The van der Waals surface area contributed by atoms with Crippen molar-refractivity contribution in [1.82, 2.24) is 4.90 Å². The average molecular weight is 736 g/mol. The molecular weight excluding hydrogens is 675 g/mol. The van der Waals surface area contributed by atoms with Crippen LogP contribution in [0.5, 0.6) is 0 Å². The van der Waals surface area contributed by atoms with Gasteiger partial charge in [0.05, 0.1) is 17.8 Å². The number of piperidine rings is 2. The molecule has 0 bridgehead atoms. The highest BCUT2D eigenvalue weighted by atomic mass is 32.2. The van der Waals surface area contributed by atoms with E-state index in [2.05, 4.69) is 114 Å². The predicted octanol–water partition coefficient (Wildman–Crippen LogP) is 9.55. The first-order valence-corrected chi connectivity index (χ1v) is 20.4. The van der Waals surface area contributed by atoms with Gasteiger partial charge in [-0.1, -0.05) is 78.2 Å². The Labute approximate surface area is 323 Å². The fraction of sp³-hybridized carbons (Fsp3) is 0.457. The standard InChI is InChI=1S/C41H47N3OS.C4H10O.CH4O/c1-29-10-12-33(13-11-29)38-31(3)39-37-26-35(15-14-34(37)28-44(46-4)40(39)30(2)36(38)16-25-45)43-23-19-41(20-24-43)17-21-42(22-18-41)27-32-8-6-5-7-9-32;1-4(2,3)5;1-2/h5-15,25-26H,16-24,27-28H2,1-4H3;5H,1-3H3;2H,1H3. The summed E-state index contributed by atoms with van der Waals surface area (Å²) in [5, 5.41) is 15.5. The molecule has 1 spiro atoms. The zero-order valence-electron chi connectivity index (χ0n) is 33.3. The third-order valence-corrected chi connectivity index (χ3v) is 12.0. The van der Waals surface area contributed by atoms with E-state index in [0.29, 0.717) is 11.8 Å². The van der Waals surface area contributed by atoms with Crippen molar-refractivity contribution >= 4 is 29.6 Å². The van der Waals surface area contributed by atoms with Crippen LogP contribution < -0.4 is 9.21 Å². The number of aryl methyl sites for hydroxylation is 1. The van der Waals surface area contributed by atoms with Crippen molar-refractivity contribution in [3.05, 3.63) is 106 Å². The lowest BCUT2D eigenvalue weighted by Crippen LogP contribution is -2.46. The normalized spacial score (nSPS) is 16.5. The number of benzene rings is 4. The van der Waals surface area contributed by atoms with Gasteiger partial charge in [0.1, 0.15) is 6.29 Å². The molecule has 0 unspecified atom stereocenters. The number of fused-ring (bicyclic) bond motifs is 3. The van der Waals surface area contributed by atoms with Crippen LogP contribution in [0.4, 0.5) is 11.4 Å². The molecule has 0 aromatic heterocycles. The molecule has 4 aromatic rings. The molecule has 0 saturated carbocycles. The second kappa shape index (κ2) is 17.7. The molecule has 53 heavy (non-hydrogen) atoms. The van der Waals surface area contributed by atoms with E-state index in [-0.39, 0.29) is 0 Å². The summed E-state index contributed by atoms with van der Waals surface area (Å²) < 4.78 is 2.43. The molecule has 3 aliphatic rings. The maximum absolute atomic E-state index is 12.0. The number of likely N-dealkylation sites (tertiary alicyclic amines) is 1. The van der Waals surface area contributed by atoms with E-state index in [1.165, 1.54) is 100 Å². The van der Waals surface area contributed by atoms with Gasteiger partial charge in [0, 0.05) is 50.7 Å². The fourth-order valence-electron chi connectivity index (χ4n) is 8.43. The van der Waals surface area contributed by atoms with Gasteiger partial charge in [0.25, 0.3) is 0 Å². The Morgan fingerprint density at radius 1 is 0.811 bits per heavy atom. The number of carbonyl (C=O) groups is 1. The third kappa shape index (κ3) is 9.55. The van der Waals surface area contributed by atoms with Crippen LogP contribution >= 0.6 is 11.9 Å². The summed E-state index contributed by atoms with van der Waals surface area (Å²) in [5.74, 6) is 0. The largest absolute Gasteiger partial charge is 0.400 e. The second-order valence-electron chi connectivity index (χ2n) is 16.0. The molecule has 3 aliphatic heterocycles. The number of anilines is 2. The van der Waals surface area contributed by atoms with Crippen LogP contribution in [-0.4, -0.2) is 66.5 Å². The highest BCUT2D eigenvalue weighted by Crippen LogP contribution is 2.51. The third-order valence-electron chi connectivity index (χ3n) is 11.2. The Kier molecular flexibility index (Phi) is 13.5. The van der Waals surface area contributed by atoms with Crippen molar-refractivity contribution in [3.63, 3.8) is 0 Å². The minimum Gasteiger partial charge on any atom is -0.400 e. The van der Waals surface area contributed by atoms with Gasteiger partial charge in [0.15, 0.2) is 0 Å². The van der Waals surface area contributed by atoms with Gasteiger partial charge in [-0.2, -0.15) is 0 Å². The number of aldehydes is 1. The van der Waals surface area contributed by atoms with E-state index >= 15 is 0 Å². The van der Waals surface area contributed by atoms with Crippen molar-refractivity contribution in [2.45, 2.75) is 92.3 Å². The van der Waals surface area contributed by atoms with Gasteiger partial charge in [-0.3, -0.25) is 4.90 Å². The number of carbonyl (C=O) groups excluding carboxylic acids is 1. The number of hydrogen-bond acceptors (Lipinski definition) is 7. The molecule has 0 radical (unpaired) electrons. The van der Waals surface area contributed by atoms with E-state index in [0.717, 1.165) is 45.1 Å². The summed E-state index contributed by atoms with van der Waals surface area (Å²) in [6.07, 6.45) is 8.87. The zero-order chi connectivity index (χ0) is 38.3. The lowest BCUT2D eigenvalue weighted by molar-refractivity contribution is -0.107. The van der Waals surface area contributed by atoms with Crippen LogP contribution in [0.25, 0.3) is 22.3 Å². The van der Waals surface area contributed by atoms with Gasteiger partial charge in [-0.05, 0) is 142 Å². The summed E-state index contributed by atoms with van der Waals surface area (Å²) in [4.78, 5) is 17.3. The smallest absolute Gasteiger partial charge is 0.124 e. The number of aliphatic hydroxyl groups is 2. The fourth-order valence-corrected chi connectivity index (χ4v) is 9.10. The molecule has 3 heterocycles. The number of rotatable bonds is 7. The van der Waals surface area contributed by atoms with E-state index in [9.17, 15) is 4.79 Å². The number of hydrogen-bond donors (Lipinski definition) is 2. The van der Waals surface area contributed by atoms with E-state index in [4.69, 9.17) is 10.2 Å². The van der Waals surface area contributed by atoms with Crippen molar-refractivity contribution in [1.29, 1.82) is 0 Å². The molecule has 0 atom stereocenters. The highest BCUT2D eigenvalue weighted by molar-refractivity contribution is 7.99. The number of aliphatic hydroxyl groups excluding tert-OH is 1. The minimum atomic E-state index is -0.500. The maximum atomic E-state index is 12.0. The molecule has 7 heteroatoms. The quantitative estimate of drug-likeness (QED) is 0.145. The number of nitrogens with zero attached hydrogens (tertiary/aromatic N) is 3. The summed E-state index contributed by atoms with van der Waals surface area (Å²) >= 11 is 1.78. The van der Waals surface area contributed by atoms with Crippen LogP contribution in [0.3, 0.4) is 0 Å². The molecule has 2 fully saturated rings. The second-order valence-corrected chi connectivity index (χ2v) is 16.9. The molecule has 0 aliphatic carbocycles. The summed E-state index contributed by atoms with van der Waals surface area (Å²) in [6.45, 7) is 18.5. The van der Waals surface area contributed by atoms with Crippen LogP contribution in [0.1, 0.15) is 79.8 Å². The van der Waals surface area contributed by atoms with E-state index < -0.39 is 5.60 Å². The van der Waals surface area contributed by atoms with Gasteiger partial charge in [-0.15, -0.1) is 0 Å². The van der Waals surface area contributed by atoms with Gasteiger partial charge >= 0.3 is 0 Å². The average Bonchev–Trinajstić information content (AvgIpc) is 3.15. The molecule has 2 N–H and O–H groups in total. The Morgan fingerprint density at radius 2 is 1.42 bits per heavy atom. The summed E-state index contributed by atoms with van der Waals surface area (Å²) in [6, 6.07) is 27.0. The molecular formula is C46H61N3O3S. The Hall–Kier alpha value is -3.62. The van der Waals surface area contributed by atoms with Gasteiger partial charge < -0.3 is 24.2 Å². The van der Waals surface area contributed by atoms with Crippen LogP contribution in [0.2, 0.25) is 0 Å².